The maximum absolute atomic E-state index is 10.7. The molecule has 3 atom stereocenters. The van der Waals surface area contributed by atoms with Gasteiger partial charge in [0, 0.05) is 20.4 Å². The van der Waals surface area contributed by atoms with Crippen LogP contribution in [0.5, 0.6) is 0 Å². The molecule has 0 radical (unpaired) electrons. The van der Waals surface area contributed by atoms with Gasteiger partial charge in [-0.2, -0.15) is 0 Å². The summed E-state index contributed by atoms with van der Waals surface area (Å²) in [6.45, 7) is 30.5. The SMILES string of the molecule is CC.CC.CC.CC.CC.CC.CC(O)CSc1ccccc1.CC([O-])CSc1ccccc1.CC1CO1.Sc1ccccc1. The standard InChI is InChI=1S/C9H12OS.C9H11OS.C6H6S.C3H6O.6C2H6/c2*1-8(10)7-11-9-5-3-2-4-6-9;7-6-4-2-1-3-5-6;1-3-2-4-3;6*1-2/h2-6,8,10H,7H2,1H3;2-6,8H,7H2,1H3;1-5,7H;3H,2H2,1H3;6*1-2H3/q;-1;;;;;;;;. The van der Waals surface area contributed by atoms with Gasteiger partial charge < -0.3 is 14.9 Å². The van der Waals surface area contributed by atoms with E-state index in [9.17, 15) is 5.11 Å². The van der Waals surface area contributed by atoms with Crippen molar-refractivity contribution in [1.29, 1.82) is 0 Å². The fourth-order valence-corrected chi connectivity index (χ4v) is 3.72. The van der Waals surface area contributed by atoms with Crippen molar-refractivity contribution >= 4 is 36.2 Å². The predicted octanol–water partition coefficient (Wildman–Crippen LogP) is 12.2. The lowest BCUT2D eigenvalue weighted by molar-refractivity contribution is -0.406. The van der Waals surface area contributed by atoms with Crippen molar-refractivity contribution in [1.82, 2.24) is 0 Å². The van der Waals surface area contributed by atoms with Crippen LogP contribution in [0.1, 0.15) is 104 Å². The summed E-state index contributed by atoms with van der Waals surface area (Å²) in [7, 11) is 0. The molecule has 4 rings (SSSR count). The van der Waals surface area contributed by atoms with Crippen LogP contribution in [0.15, 0.2) is 106 Å². The second kappa shape index (κ2) is 52.1. The average molecular weight is 684 g/mol. The van der Waals surface area contributed by atoms with E-state index in [4.69, 9.17) is 9.84 Å². The Morgan fingerprint density at radius 3 is 1.11 bits per heavy atom. The lowest BCUT2D eigenvalue weighted by Gasteiger charge is -2.14. The van der Waals surface area contributed by atoms with Crippen LogP contribution < -0.4 is 5.11 Å². The van der Waals surface area contributed by atoms with Crippen LogP contribution in [0.2, 0.25) is 0 Å². The number of hydrogen-bond acceptors (Lipinski definition) is 6. The third-order valence-electron chi connectivity index (χ3n) is 3.72. The summed E-state index contributed by atoms with van der Waals surface area (Å²) in [5.41, 5.74) is 0. The highest BCUT2D eigenvalue weighted by Crippen LogP contribution is 2.17. The van der Waals surface area contributed by atoms with Gasteiger partial charge in [0.1, 0.15) is 0 Å². The summed E-state index contributed by atoms with van der Waals surface area (Å²) in [5.74, 6) is 1.42. The first-order valence-corrected chi connectivity index (χ1v) is 19.3. The van der Waals surface area contributed by atoms with Crippen LogP contribution in [0, 0.1) is 0 Å². The number of thiol groups is 1. The van der Waals surface area contributed by atoms with Crippen LogP contribution in [0.25, 0.3) is 0 Å². The van der Waals surface area contributed by atoms with Gasteiger partial charge in [-0.15, -0.1) is 42.3 Å². The van der Waals surface area contributed by atoms with Crippen molar-refractivity contribution in [3.05, 3.63) is 91.0 Å². The van der Waals surface area contributed by atoms with Gasteiger partial charge in [0.05, 0.1) is 18.8 Å². The van der Waals surface area contributed by atoms with Crippen molar-refractivity contribution in [2.75, 3.05) is 18.1 Å². The Bertz CT molecular complexity index is 767. The molecule has 0 aromatic heterocycles. The third-order valence-corrected chi connectivity index (χ3v) is 6.51. The zero-order chi connectivity index (χ0) is 36.3. The van der Waals surface area contributed by atoms with Crippen molar-refractivity contribution in [2.24, 2.45) is 0 Å². The van der Waals surface area contributed by atoms with E-state index in [1.807, 2.05) is 174 Å². The van der Waals surface area contributed by atoms with E-state index < -0.39 is 6.10 Å². The maximum atomic E-state index is 10.7. The van der Waals surface area contributed by atoms with Gasteiger partial charge >= 0.3 is 0 Å². The van der Waals surface area contributed by atoms with Gasteiger partial charge in [0.25, 0.3) is 0 Å². The number of rotatable bonds is 6. The number of hydrogen-bond donors (Lipinski definition) is 2. The first kappa shape index (κ1) is 56.0. The molecule has 3 unspecified atom stereocenters. The maximum Gasteiger partial charge on any atom is 0.0781 e. The highest BCUT2D eigenvalue weighted by Gasteiger charge is 2.13. The van der Waals surface area contributed by atoms with Gasteiger partial charge in [-0.1, -0.05) is 145 Å². The monoisotopic (exact) mass is 683 g/mol. The molecule has 3 nitrogen and oxygen atoms in total. The Morgan fingerprint density at radius 2 is 0.911 bits per heavy atom. The average Bonchev–Trinajstić information content (AvgIpc) is 3.92. The highest BCUT2D eigenvalue weighted by molar-refractivity contribution is 7.99. The zero-order valence-corrected chi connectivity index (χ0v) is 34.1. The van der Waals surface area contributed by atoms with E-state index in [0.717, 1.165) is 17.3 Å². The molecule has 0 aliphatic carbocycles. The Balaban J connectivity index is -0.000000104. The molecule has 3 aromatic rings. The summed E-state index contributed by atoms with van der Waals surface area (Å²) >= 11 is 7.38. The van der Waals surface area contributed by atoms with E-state index in [2.05, 4.69) is 19.6 Å². The summed E-state index contributed by atoms with van der Waals surface area (Å²) < 4.78 is 4.71. The third kappa shape index (κ3) is 55.4. The van der Waals surface area contributed by atoms with Crippen molar-refractivity contribution in [2.45, 2.75) is 137 Å². The quantitative estimate of drug-likeness (QED) is 0.154. The van der Waals surface area contributed by atoms with E-state index in [1.54, 1.807) is 37.4 Å². The molecule has 3 aromatic carbocycles. The lowest BCUT2D eigenvalue weighted by Crippen LogP contribution is -2.22. The zero-order valence-electron chi connectivity index (χ0n) is 31.5. The molecule has 1 N–H and O–H groups in total. The fourth-order valence-electron chi connectivity index (χ4n) is 1.99. The lowest BCUT2D eigenvalue weighted by atomic mass is 10.4. The first-order valence-electron chi connectivity index (χ1n) is 16.9. The molecule has 0 spiro atoms. The van der Waals surface area contributed by atoms with Crippen molar-refractivity contribution in [3.8, 4) is 0 Å². The van der Waals surface area contributed by atoms with Gasteiger partial charge in [-0.05, 0) is 56.0 Å². The molecule has 1 aliphatic rings. The van der Waals surface area contributed by atoms with Crippen LogP contribution in [-0.2, 0) is 4.74 Å². The van der Waals surface area contributed by atoms with Crippen LogP contribution in [0.4, 0.5) is 0 Å². The van der Waals surface area contributed by atoms with Crippen LogP contribution >= 0.6 is 36.2 Å². The number of aliphatic hydroxyl groups excluding tert-OH is 1. The largest absolute Gasteiger partial charge is 0.852 e. The van der Waals surface area contributed by atoms with Crippen molar-refractivity contribution in [3.63, 3.8) is 0 Å². The van der Waals surface area contributed by atoms with E-state index in [0.29, 0.717) is 11.9 Å². The van der Waals surface area contributed by atoms with E-state index in [-0.39, 0.29) is 6.10 Å². The highest BCUT2D eigenvalue weighted by atomic mass is 32.2. The molecule has 264 valence electrons. The molecule has 1 fully saturated rings. The second-order valence-corrected chi connectivity index (χ2v) is 10.1. The number of epoxide rings is 1. The predicted molar refractivity (Wildman–Crippen MR) is 213 cm³/mol. The number of ether oxygens (including phenoxy) is 1. The number of thioether (sulfide) groups is 2. The van der Waals surface area contributed by atoms with E-state index in [1.165, 1.54) is 9.79 Å². The number of aliphatic hydroxyl groups is 1. The number of benzene rings is 3. The van der Waals surface area contributed by atoms with Crippen molar-refractivity contribution < 1.29 is 14.9 Å². The van der Waals surface area contributed by atoms with Gasteiger partial charge in [0.2, 0.25) is 0 Å². The van der Waals surface area contributed by atoms with Gasteiger partial charge in [-0.25, -0.2) is 0 Å². The second-order valence-electron chi connectivity index (χ2n) is 7.39. The molecular formula is C39H71O3S3-. The molecule has 45 heavy (non-hydrogen) atoms. The molecule has 1 saturated heterocycles. The Kier molecular flexibility index (Phi) is 64.8. The Morgan fingerprint density at radius 1 is 0.644 bits per heavy atom. The summed E-state index contributed by atoms with van der Waals surface area (Å²) in [4.78, 5) is 3.41. The van der Waals surface area contributed by atoms with Crippen LogP contribution in [-0.4, -0.2) is 41.5 Å². The molecule has 1 aliphatic heterocycles. The summed E-state index contributed by atoms with van der Waals surface area (Å²) in [6.07, 6.45) is -0.111. The molecule has 0 saturated carbocycles. The minimum absolute atomic E-state index is 0.222. The molecular weight excluding hydrogens is 613 g/mol. The van der Waals surface area contributed by atoms with Crippen LogP contribution in [0.3, 0.4) is 0 Å². The summed E-state index contributed by atoms with van der Waals surface area (Å²) in [6, 6.07) is 29.9. The molecule has 0 amide bonds. The fraction of sp³-hybridized carbons (Fsp3) is 0.538. The molecule has 0 bridgehead atoms. The topological polar surface area (TPSA) is 55.8 Å². The Labute approximate surface area is 295 Å². The minimum atomic E-state index is -0.472. The van der Waals surface area contributed by atoms with Gasteiger partial charge in [0.15, 0.2) is 0 Å². The van der Waals surface area contributed by atoms with Gasteiger partial charge in [-0.3, -0.25) is 0 Å². The smallest absolute Gasteiger partial charge is 0.0781 e. The molecule has 6 heteroatoms. The first-order chi connectivity index (χ1) is 21.9. The molecule has 1 heterocycles. The normalized spacial score (nSPS) is 12.0. The summed E-state index contributed by atoms with van der Waals surface area (Å²) in [5, 5.41) is 19.7. The van der Waals surface area contributed by atoms with E-state index >= 15 is 0 Å². The Hall–Kier alpha value is -1.41. The minimum Gasteiger partial charge on any atom is -0.852 e.